The molecule has 0 fully saturated rings. The minimum absolute atomic E-state index is 0.151. The second kappa shape index (κ2) is 9.03. The van der Waals surface area contributed by atoms with E-state index in [1.807, 2.05) is 24.3 Å². The van der Waals surface area contributed by atoms with Crippen LogP contribution >= 0.6 is 0 Å². The first-order chi connectivity index (χ1) is 11.2. The lowest BCUT2D eigenvalue weighted by Gasteiger charge is -2.31. The van der Waals surface area contributed by atoms with Crippen LogP contribution in [0.15, 0.2) is 24.3 Å². The van der Waals surface area contributed by atoms with Crippen LogP contribution in [0.2, 0.25) is 0 Å². The summed E-state index contributed by atoms with van der Waals surface area (Å²) < 4.78 is 30.3. The van der Waals surface area contributed by atoms with Gasteiger partial charge < -0.3 is 10.4 Å². The molecule has 6 nitrogen and oxygen atoms in total. The van der Waals surface area contributed by atoms with E-state index in [4.69, 9.17) is 9.66 Å². The van der Waals surface area contributed by atoms with Gasteiger partial charge in [-0.25, -0.2) is 0 Å². The summed E-state index contributed by atoms with van der Waals surface area (Å²) in [5.41, 5.74) is 1.87. The molecule has 0 aliphatic heterocycles. The third-order valence-electron chi connectivity index (χ3n) is 4.37. The van der Waals surface area contributed by atoms with Crippen LogP contribution in [0, 0.1) is 0 Å². The number of anilines is 1. The average molecular weight is 357 g/mol. The lowest BCUT2D eigenvalue weighted by Crippen LogP contribution is -2.23. The molecule has 136 valence electrons. The van der Waals surface area contributed by atoms with Crippen molar-refractivity contribution in [3.63, 3.8) is 0 Å². The molecule has 0 heterocycles. The average Bonchev–Trinajstić information content (AvgIpc) is 2.50. The van der Waals surface area contributed by atoms with Crippen molar-refractivity contribution >= 4 is 21.8 Å². The SMILES string of the molecule is CCC(C)(CCCC(=O)O)c1ccccc1NCCCS(=O)(=O)O. The zero-order chi connectivity index (χ0) is 18.2. The molecular formula is C17H27NO5S. The Labute approximate surface area is 144 Å². The van der Waals surface area contributed by atoms with Crippen LogP contribution in [0.25, 0.3) is 0 Å². The topological polar surface area (TPSA) is 104 Å². The fourth-order valence-electron chi connectivity index (χ4n) is 2.77. The predicted octanol–water partition coefficient (Wildman–Crippen LogP) is 3.30. The molecule has 0 radical (unpaired) electrons. The molecule has 0 saturated carbocycles. The summed E-state index contributed by atoms with van der Waals surface area (Å²) in [4.78, 5) is 10.8. The van der Waals surface area contributed by atoms with E-state index in [0.29, 0.717) is 19.4 Å². The van der Waals surface area contributed by atoms with Crippen molar-refractivity contribution in [3.8, 4) is 0 Å². The summed E-state index contributed by atoms with van der Waals surface area (Å²) in [7, 11) is -3.94. The van der Waals surface area contributed by atoms with Crippen LogP contribution in [-0.2, 0) is 20.3 Å². The zero-order valence-electron chi connectivity index (χ0n) is 14.3. The number of hydrogen-bond acceptors (Lipinski definition) is 4. The zero-order valence-corrected chi connectivity index (χ0v) is 15.1. The van der Waals surface area contributed by atoms with Crippen molar-refractivity contribution in [1.82, 2.24) is 0 Å². The molecule has 0 amide bonds. The smallest absolute Gasteiger partial charge is 0.303 e. The van der Waals surface area contributed by atoms with Crippen molar-refractivity contribution in [2.24, 2.45) is 0 Å². The second-order valence-corrected chi connectivity index (χ2v) is 7.85. The van der Waals surface area contributed by atoms with Gasteiger partial charge in [0, 0.05) is 18.7 Å². The minimum atomic E-state index is -3.94. The van der Waals surface area contributed by atoms with E-state index < -0.39 is 16.1 Å². The van der Waals surface area contributed by atoms with Crippen LogP contribution in [0.4, 0.5) is 5.69 Å². The number of aliphatic carboxylic acids is 1. The van der Waals surface area contributed by atoms with Crippen molar-refractivity contribution < 1.29 is 22.9 Å². The molecule has 1 atom stereocenters. The number of para-hydroxylation sites is 1. The molecule has 24 heavy (non-hydrogen) atoms. The number of nitrogens with one attached hydrogen (secondary N) is 1. The molecule has 1 rings (SSSR count). The largest absolute Gasteiger partial charge is 0.481 e. The maximum Gasteiger partial charge on any atom is 0.303 e. The maximum absolute atomic E-state index is 10.8. The predicted molar refractivity (Wildman–Crippen MR) is 95.1 cm³/mol. The lowest BCUT2D eigenvalue weighted by molar-refractivity contribution is -0.137. The Morgan fingerprint density at radius 1 is 1.25 bits per heavy atom. The van der Waals surface area contributed by atoms with Gasteiger partial charge in [0.15, 0.2) is 0 Å². The Hall–Kier alpha value is -1.60. The molecule has 0 aliphatic rings. The van der Waals surface area contributed by atoms with Crippen molar-refractivity contribution in [2.75, 3.05) is 17.6 Å². The van der Waals surface area contributed by atoms with Gasteiger partial charge in [0.05, 0.1) is 5.75 Å². The van der Waals surface area contributed by atoms with Crippen LogP contribution in [-0.4, -0.2) is 36.3 Å². The van der Waals surface area contributed by atoms with E-state index in [-0.39, 0.29) is 17.6 Å². The third-order valence-corrected chi connectivity index (χ3v) is 5.18. The first-order valence-electron chi connectivity index (χ1n) is 8.18. The standard InChI is InChI=1S/C17H27NO5S/c1-3-17(2,11-6-10-16(19)20)14-8-4-5-9-15(14)18-12-7-13-24(21,22)23/h4-5,8-9,18H,3,6-7,10-13H2,1-2H3,(H,19,20)(H,21,22,23). The molecule has 1 unspecified atom stereocenters. The second-order valence-electron chi connectivity index (χ2n) is 6.27. The van der Waals surface area contributed by atoms with Crippen molar-refractivity contribution in [1.29, 1.82) is 0 Å². The number of carboxylic acids is 1. The summed E-state index contributed by atoms with van der Waals surface area (Å²) >= 11 is 0. The van der Waals surface area contributed by atoms with E-state index in [1.165, 1.54) is 0 Å². The van der Waals surface area contributed by atoms with Gasteiger partial charge in [-0.15, -0.1) is 0 Å². The van der Waals surface area contributed by atoms with Gasteiger partial charge in [-0.3, -0.25) is 9.35 Å². The van der Waals surface area contributed by atoms with Crippen molar-refractivity contribution in [2.45, 2.75) is 51.4 Å². The molecule has 0 spiro atoms. The van der Waals surface area contributed by atoms with Gasteiger partial charge in [0.25, 0.3) is 10.1 Å². The summed E-state index contributed by atoms with van der Waals surface area (Å²) in [6, 6.07) is 7.81. The normalized spacial score (nSPS) is 14.1. The monoisotopic (exact) mass is 357 g/mol. The molecule has 1 aromatic rings. The number of rotatable bonds is 11. The Bertz CT molecular complexity index is 644. The van der Waals surface area contributed by atoms with Crippen LogP contribution < -0.4 is 5.32 Å². The first kappa shape index (κ1) is 20.4. The molecule has 1 aromatic carbocycles. The van der Waals surface area contributed by atoms with Gasteiger partial charge in [0.2, 0.25) is 0 Å². The Kier molecular flexibility index (Phi) is 7.69. The van der Waals surface area contributed by atoms with E-state index in [2.05, 4.69) is 19.2 Å². The summed E-state index contributed by atoms with van der Waals surface area (Å²) in [5, 5.41) is 12.1. The highest BCUT2D eigenvalue weighted by atomic mass is 32.2. The van der Waals surface area contributed by atoms with Crippen LogP contribution in [0.5, 0.6) is 0 Å². The minimum Gasteiger partial charge on any atom is -0.481 e. The van der Waals surface area contributed by atoms with Gasteiger partial charge in [0.1, 0.15) is 0 Å². The van der Waals surface area contributed by atoms with Gasteiger partial charge in [-0.1, -0.05) is 32.0 Å². The summed E-state index contributed by atoms with van der Waals surface area (Å²) in [5.74, 6) is -1.06. The number of carboxylic acid groups (broad SMARTS) is 1. The molecule has 3 N–H and O–H groups in total. The summed E-state index contributed by atoms with van der Waals surface area (Å²) in [6.45, 7) is 4.63. The highest BCUT2D eigenvalue weighted by molar-refractivity contribution is 7.85. The highest BCUT2D eigenvalue weighted by Crippen LogP contribution is 2.37. The highest BCUT2D eigenvalue weighted by Gasteiger charge is 2.26. The Morgan fingerprint density at radius 3 is 2.50 bits per heavy atom. The quantitative estimate of drug-likeness (QED) is 0.415. The molecular weight excluding hydrogens is 330 g/mol. The summed E-state index contributed by atoms with van der Waals surface area (Å²) in [6.07, 6.45) is 2.71. The molecule has 0 bridgehead atoms. The lowest BCUT2D eigenvalue weighted by atomic mass is 9.75. The first-order valence-corrected chi connectivity index (χ1v) is 9.79. The van der Waals surface area contributed by atoms with E-state index in [0.717, 1.165) is 24.1 Å². The van der Waals surface area contributed by atoms with Crippen LogP contribution in [0.1, 0.15) is 51.5 Å². The number of carbonyl (C=O) groups is 1. The van der Waals surface area contributed by atoms with Gasteiger partial charge in [-0.2, -0.15) is 8.42 Å². The van der Waals surface area contributed by atoms with Gasteiger partial charge >= 0.3 is 5.97 Å². The molecule has 0 aliphatic carbocycles. The third kappa shape index (κ3) is 6.88. The molecule has 0 saturated heterocycles. The fourth-order valence-corrected chi connectivity index (χ4v) is 3.28. The number of benzene rings is 1. The Morgan fingerprint density at radius 2 is 1.92 bits per heavy atom. The number of hydrogen-bond donors (Lipinski definition) is 3. The van der Waals surface area contributed by atoms with E-state index in [1.54, 1.807) is 0 Å². The maximum atomic E-state index is 10.8. The molecule has 0 aromatic heterocycles. The Balaban J connectivity index is 2.79. The van der Waals surface area contributed by atoms with E-state index >= 15 is 0 Å². The van der Waals surface area contributed by atoms with Crippen LogP contribution in [0.3, 0.4) is 0 Å². The fraction of sp³-hybridized carbons (Fsp3) is 0.588. The van der Waals surface area contributed by atoms with Gasteiger partial charge in [-0.05, 0) is 42.7 Å². The van der Waals surface area contributed by atoms with E-state index in [9.17, 15) is 13.2 Å². The van der Waals surface area contributed by atoms with Crippen molar-refractivity contribution in [3.05, 3.63) is 29.8 Å². The molecule has 7 heteroatoms.